The summed E-state index contributed by atoms with van der Waals surface area (Å²) < 4.78 is 13.9. The molecule has 21 heavy (non-hydrogen) atoms. The number of aliphatic hydroxyl groups is 1. The largest absolute Gasteiger partial charge is 0.384 e. The number of aliphatic hydroxyl groups excluding tert-OH is 1. The van der Waals surface area contributed by atoms with Gasteiger partial charge in [-0.15, -0.1) is 11.3 Å². The van der Waals surface area contributed by atoms with Crippen LogP contribution in [-0.2, 0) is 0 Å². The first-order valence-corrected chi connectivity index (χ1v) is 7.30. The topological polar surface area (TPSA) is 40.5 Å². The first-order valence-electron chi connectivity index (χ1n) is 6.42. The van der Waals surface area contributed by atoms with E-state index in [1.54, 1.807) is 36.6 Å². The summed E-state index contributed by atoms with van der Waals surface area (Å²) in [5.74, 6) is 4.53. The van der Waals surface area contributed by atoms with E-state index in [0.717, 1.165) is 0 Å². The second-order valence-electron chi connectivity index (χ2n) is 4.12. The molecule has 2 rings (SSSR count). The van der Waals surface area contributed by atoms with E-state index in [0.29, 0.717) is 17.0 Å². The fraction of sp³-hybridized carbons (Fsp3) is 0.188. The van der Waals surface area contributed by atoms with Crippen molar-refractivity contribution >= 4 is 22.9 Å². The van der Waals surface area contributed by atoms with E-state index in [4.69, 9.17) is 5.11 Å². The van der Waals surface area contributed by atoms with Crippen molar-refractivity contribution in [3.8, 4) is 11.8 Å². The van der Waals surface area contributed by atoms with Gasteiger partial charge in [-0.3, -0.25) is 4.79 Å². The molecule has 0 bridgehead atoms. The average molecular weight is 303 g/mol. The van der Waals surface area contributed by atoms with Crippen molar-refractivity contribution < 1.29 is 14.3 Å². The van der Waals surface area contributed by atoms with Gasteiger partial charge >= 0.3 is 0 Å². The minimum absolute atomic E-state index is 0.250. The summed E-state index contributed by atoms with van der Waals surface area (Å²) in [6.07, 6.45) is 0. The monoisotopic (exact) mass is 303 g/mol. The van der Waals surface area contributed by atoms with E-state index < -0.39 is 5.82 Å². The molecular formula is C16H14FNO2S. The van der Waals surface area contributed by atoms with Gasteiger partial charge in [0, 0.05) is 12.1 Å². The number of halogens is 1. The molecule has 2 aromatic rings. The van der Waals surface area contributed by atoms with Crippen molar-refractivity contribution in [3.63, 3.8) is 0 Å². The fourth-order valence-electron chi connectivity index (χ4n) is 1.92. The molecule has 0 unspecified atom stereocenters. The van der Waals surface area contributed by atoms with Crippen LogP contribution in [0.5, 0.6) is 0 Å². The van der Waals surface area contributed by atoms with Crippen LogP contribution in [0.1, 0.15) is 22.2 Å². The number of carbonyl (C=O) groups is 1. The second-order valence-corrected chi connectivity index (χ2v) is 5.04. The van der Waals surface area contributed by atoms with E-state index in [1.165, 1.54) is 22.3 Å². The maximum absolute atomic E-state index is 13.9. The van der Waals surface area contributed by atoms with Gasteiger partial charge < -0.3 is 10.0 Å². The number of benzene rings is 1. The lowest BCUT2D eigenvalue weighted by Crippen LogP contribution is -2.31. The Morgan fingerprint density at radius 1 is 1.38 bits per heavy atom. The Bertz CT molecular complexity index is 700. The molecule has 1 aromatic heterocycles. The zero-order chi connectivity index (χ0) is 15.2. The van der Waals surface area contributed by atoms with Crippen molar-refractivity contribution in [2.45, 2.75) is 6.92 Å². The maximum atomic E-state index is 13.9. The molecule has 5 heteroatoms. The third kappa shape index (κ3) is 3.30. The van der Waals surface area contributed by atoms with Crippen LogP contribution in [0.2, 0.25) is 0 Å². The summed E-state index contributed by atoms with van der Waals surface area (Å²) >= 11 is 1.25. The van der Waals surface area contributed by atoms with Gasteiger partial charge in [0.05, 0.1) is 5.69 Å². The van der Waals surface area contributed by atoms with E-state index >= 15 is 0 Å². The van der Waals surface area contributed by atoms with Gasteiger partial charge in [0.25, 0.3) is 5.91 Å². The number of hydrogen-bond donors (Lipinski definition) is 1. The summed E-state index contributed by atoms with van der Waals surface area (Å²) in [7, 11) is 0. The molecule has 0 saturated heterocycles. The van der Waals surface area contributed by atoms with Crippen molar-refractivity contribution in [1.29, 1.82) is 0 Å². The molecule has 1 N–H and O–H groups in total. The van der Waals surface area contributed by atoms with E-state index in [2.05, 4.69) is 11.8 Å². The predicted octanol–water partition coefficient (Wildman–Crippen LogP) is 2.90. The van der Waals surface area contributed by atoms with Crippen LogP contribution in [0.4, 0.5) is 10.1 Å². The molecule has 0 saturated carbocycles. The molecular weight excluding hydrogens is 289 g/mol. The Labute approximate surface area is 126 Å². The molecule has 0 aliphatic heterocycles. The van der Waals surface area contributed by atoms with Gasteiger partial charge in [-0.25, -0.2) is 4.39 Å². The minimum Gasteiger partial charge on any atom is -0.384 e. The highest BCUT2D eigenvalue weighted by molar-refractivity contribution is 7.12. The zero-order valence-corrected chi connectivity index (χ0v) is 12.3. The van der Waals surface area contributed by atoms with Gasteiger partial charge in [-0.1, -0.05) is 24.0 Å². The van der Waals surface area contributed by atoms with Crippen LogP contribution in [-0.4, -0.2) is 24.2 Å². The first-order chi connectivity index (χ1) is 10.2. The SMILES string of the molecule is CCN(C(=O)c1sccc1C#CCO)c1ccccc1F. The van der Waals surface area contributed by atoms with Gasteiger partial charge in [0.15, 0.2) is 0 Å². The van der Waals surface area contributed by atoms with Crippen LogP contribution in [0.15, 0.2) is 35.7 Å². The van der Waals surface area contributed by atoms with Crippen LogP contribution in [0.25, 0.3) is 0 Å². The van der Waals surface area contributed by atoms with Crippen LogP contribution in [0, 0.1) is 17.7 Å². The van der Waals surface area contributed by atoms with Crippen molar-refractivity contribution in [2.24, 2.45) is 0 Å². The fourth-order valence-corrected chi connectivity index (χ4v) is 2.72. The van der Waals surface area contributed by atoms with Crippen LogP contribution in [0.3, 0.4) is 0 Å². The van der Waals surface area contributed by atoms with E-state index in [-0.39, 0.29) is 18.2 Å². The second kappa shape index (κ2) is 7.02. The smallest absolute Gasteiger partial charge is 0.269 e. The number of hydrogen-bond acceptors (Lipinski definition) is 3. The van der Waals surface area contributed by atoms with Crippen LogP contribution < -0.4 is 4.90 Å². The molecule has 0 aliphatic rings. The lowest BCUT2D eigenvalue weighted by Gasteiger charge is -2.21. The summed E-state index contributed by atoms with van der Waals surface area (Å²) in [6, 6.07) is 7.89. The molecule has 0 fully saturated rings. The summed E-state index contributed by atoms with van der Waals surface area (Å²) in [4.78, 5) is 14.4. The summed E-state index contributed by atoms with van der Waals surface area (Å²) in [6.45, 7) is 1.87. The number of rotatable bonds is 3. The Hall–Kier alpha value is -2.16. The number of amides is 1. The quantitative estimate of drug-likeness (QED) is 0.886. The Morgan fingerprint density at radius 2 is 2.14 bits per heavy atom. The predicted molar refractivity (Wildman–Crippen MR) is 82.0 cm³/mol. The molecule has 1 heterocycles. The van der Waals surface area contributed by atoms with E-state index in [9.17, 15) is 9.18 Å². The lowest BCUT2D eigenvalue weighted by atomic mass is 10.2. The summed E-state index contributed by atoms with van der Waals surface area (Å²) in [5.41, 5.74) is 0.799. The summed E-state index contributed by atoms with van der Waals surface area (Å²) in [5, 5.41) is 10.5. The molecule has 1 aromatic carbocycles. The van der Waals surface area contributed by atoms with Gasteiger partial charge in [-0.2, -0.15) is 0 Å². The maximum Gasteiger partial charge on any atom is 0.269 e. The zero-order valence-electron chi connectivity index (χ0n) is 11.5. The van der Waals surface area contributed by atoms with Crippen molar-refractivity contribution in [1.82, 2.24) is 0 Å². The minimum atomic E-state index is -0.438. The van der Waals surface area contributed by atoms with Crippen molar-refractivity contribution in [3.05, 3.63) is 52.0 Å². The lowest BCUT2D eigenvalue weighted by molar-refractivity contribution is 0.0991. The highest BCUT2D eigenvalue weighted by Gasteiger charge is 2.22. The first kappa shape index (κ1) is 15.2. The third-order valence-corrected chi connectivity index (χ3v) is 3.77. The normalized spacial score (nSPS) is 9.86. The standard InChI is InChI=1S/C16H14FNO2S/c1-2-18(14-8-4-3-7-13(14)17)16(20)15-12(6-5-10-19)9-11-21-15/h3-4,7-9,11,19H,2,10H2,1H3. The Kier molecular flexibility index (Phi) is 5.09. The number of nitrogens with zero attached hydrogens (tertiary/aromatic N) is 1. The Morgan fingerprint density at radius 3 is 2.81 bits per heavy atom. The molecule has 0 aliphatic carbocycles. The molecule has 1 amide bonds. The van der Waals surface area contributed by atoms with Crippen molar-refractivity contribution in [2.75, 3.05) is 18.1 Å². The molecule has 3 nitrogen and oxygen atoms in total. The van der Waals surface area contributed by atoms with Gasteiger partial charge in [0.2, 0.25) is 0 Å². The highest BCUT2D eigenvalue weighted by Crippen LogP contribution is 2.24. The third-order valence-electron chi connectivity index (χ3n) is 2.87. The highest BCUT2D eigenvalue weighted by atomic mass is 32.1. The van der Waals surface area contributed by atoms with Gasteiger partial charge in [-0.05, 0) is 30.5 Å². The molecule has 0 spiro atoms. The number of carbonyl (C=O) groups excluding carboxylic acids is 1. The van der Waals surface area contributed by atoms with Crippen LogP contribution >= 0.6 is 11.3 Å². The molecule has 0 atom stereocenters. The van der Waals surface area contributed by atoms with E-state index in [1.807, 2.05) is 0 Å². The number of anilines is 1. The Balaban J connectivity index is 2.38. The molecule has 108 valence electrons. The molecule has 0 radical (unpaired) electrons. The number of para-hydroxylation sites is 1. The number of thiophene rings is 1. The average Bonchev–Trinajstić information content (AvgIpc) is 2.96. The van der Waals surface area contributed by atoms with Gasteiger partial charge in [0.1, 0.15) is 17.3 Å².